The Kier molecular flexibility index (Phi) is 6.63. The van der Waals surface area contributed by atoms with Gasteiger partial charge >= 0.3 is 0 Å². The van der Waals surface area contributed by atoms with Crippen molar-refractivity contribution in [2.75, 3.05) is 10.2 Å². The highest BCUT2D eigenvalue weighted by atomic mass is 16.5. The molecule has 3 heterocycles. The first kappa shape index (κ1) is 30.9. The number of hydrogen-bond donors (Lipinski definition) is 1. The van der Waals surface area contributed by atoms with Crippen molar-refractivity contribution in [3.05, 3.63) is 188 Å². The summed E-state index contributed by atoms with van der Waals surface area (Å²) in [6, 6.07) is 63.8. The van der Waals surface area contributed by atoms with Crippen LogP contribution in [0.4, 0.5) is 22.7 Å². The van der Waals surface area contributed by atoms with Gasteiger partial charge in [-0.15, -0.1) is 0 Å². The maximum Gasteiger partial charge on any atom is 0.196 e. The molecule has 0 aliphatic carbocycles. The third kappa shape index (κ3) is 4.74. The van der Waals surface area contributed by atoms with Crippen LogP contribution in [0, 0.1) is 0 Å². The van der Waals surface area contributed by atoms with Gasteiger partial charge in [0.25, 0.3) is 0 Å². The highest BCUT2D eigenvalue weighted by molar-refractivity contribution is 6.18. The predicted molar refractivity (Wildman–Crippen MR) is 230 cm³/mol. The summed E-state index contributed by atoms with van der Waals surface area (Å²) < 4.78 is 19.3. The SMILES string of the molecule is c1ccc(C2Nc3c(c4ccccc4c4cc(-c5ccc(N(c6ccc7c(c6)oc6ccccc67)c6ccc7c(c6)oc6ccccc67)cc5)ccc34)O2)cc1. The van der Waals surface area contributed by atoms with Crippen molar-refractivity contribution >= 4 is 88.2 Å². The van der Waals surface area contributed by atoms with Crippen LogP contribution in [0.1, 0.15) is 11.8 Å². The molecule has 1 unspecified atom stereocenters. The molecule has 264 valence electrons. The van der Waals surface area contributed by atoms with E-state index in [-0.39, 0.29) is 6.23 Å². The quantitative estimate of drug-likeness (QED) is 0.179. The fourth-order valence-electron chi connectivity index (χ4n) is 8.62. The van der Waals surface area contributed by atoms with E-state index in [0.717, 1.165) is 99.8 Å². The van der Waals surface area contributed by atoms with Gasteiger partial charge in [0.15, 0.2) is 12.0 Å². The van der Waals surface area contributed by atoms with Crippen LogP contribution >= 0.6 is 0 Å². The van der Waals surface area contributed by atoms with E-state index < -0.39 is 0 Å². The van der Waals surface area contributed by atoms with E-state index >= 15 is 0 Å². The van der Waals surface area contributed by atoms with Gasteiger partial charge < -0.3 is 23.8 Å². The number of rotatable bonds is 5. The second-order valence-corrected chi connectivity index (χ2v) is 14.5. The zero-order valence-corrected chi connectivity index (χ0v) is 30.1. The van der Waals surface area contributed by atoms with Crippen LogP contribution in [-0.4, -0.2) is 0 Å². The molecule has 9 aromatic carbocycles. The molecule has 0 radical (unpaired) electrons. The molecule has 0 fully saturated rings. The Bertz CT molecular complexity index is 3210. The summed E-state index contributed by atoms with van der Waals surface area (Å²) in [6.07, 6.45) is -0.240. The Morgan fingerprint density at radius 3 is 1.55 bits per heavy atom. The van der Waals surface area contributed by atoms with Crippen LogP contribution < -0.4 is 15.0 Å². The number of benzene rings is 9. The standard InChI is InChI=1S/C51H32N2O3/c1-2-10-32(11-3-1)51-52-49-42-25-20-33(28-44(42)37-12-4-5-15-43(37)50(49)56-51)31-18-21-34(22-19-31)53(35-23-26-40-38-13-6-8-16-45(38)54-47(40)29-35)36-24-27-41-39-14-7-9-17-46(39)55-48(41)30-36/h1-30,51-52H. The summed E-state index contributed by atoms with van der Waals surface area (Å²) in [5.74, 6) is 0.904. The van der Waals surface area contributed by atoms with Crippen LogP contribution in [0.3, 0.4) is 0 Å². The molecule has 0 saturated carbocycles. The van der Waals surface area contributed by atoms with Gasteiger partial charge in [-0.2, -0.15) is 0 Å². The monoisotopic (exact) mass is 720 g/mol. The molecular weight excluding hydrogens is 689 g/mol. The number of ether oxygens (including phenoxy) is 1. The fraction of sp³-hybridized carbons (Fsp3) is 0.0196. The maximum absolute atomic E-state index is 6.59. The molecule has 11 aromatic rings. The van der Waals surface area contributed by atoms with Crippen molar-refractivity contribution in [2.24, 2.45) is 0 Å². The maximum atomic E-state index is 6.59. The lowest BCUT2D eigenvalue weighted by atomic mass is 9.95. The lowest BCUT2D eigenvalue weighted by Gasteiger charge is -2.25. The van der Waals surface area contributed by atoms with Crippen LogP contribution in [0.25, 0.3) is 76.5 Å². The summed E-state index contributed by atoms with van der Waals surface area (Å²) in [7, 11) is 0. The molecule has 1 aliphatic rings. The number of hydrogen-bond acceptors (Lipinski definition) is 5. The smallest absolute Gasteiger partial charge is 0.196 e. The van der Waals surface area contributed by atoms with Gasteiger partial charge in [-0.25, -0.2) is 0 Å². The van der Waals surface area contributed by atoms with E-state index in [1.807, 2.05) is 30.3 Å². The Hall–Kier alpha value is -7.50. The molecule has 5 heteroatoms. The molecule has 0 bridgehead atoms. The van der Waals surface area contributed by atoms with Crippen molar-refractivity contribution in [3.8, 4) is 16.9 Å². The van der Waals surface area contributed by atoms with Gasteiger partial charge in [-0.1, -0.05) is 115 Å². The molecule has 1 aliphatic heterocycles. The summed E-state index contributed by atoms with van der Waals surface area (Å²) in [5, 5.41) is 12.7. The average Bonchev–Trinajstić information content (AvgIpc) is 3.98. The molecule has 0 saturated heterocycles. The summed E-state index contributed by atoms with van der Waals surface area (Å²) >= 11 is 0. The highest BCUT2D eigenvalue weighted by Crippen LogP contribution is 2.49. The lowest BCUT2D eigenvalue weighted by molar-refractivity contribution is 0.262. The second-order valence-electron chi connectivity index (χ2n) is 14.5. The Morgan fingerprint density at radius 1 is 0.375 bits per heavy atom. The minimum Gasteiger partial charge on any atom is -0.464 e. The Labute approximate surface area is 321 Å². The molecule has 1 atom stereocenters. The number of fused-ring (bicyclic) bond motifs is 12. The first-order valence-electron chi connectivity index (χ1n) is 18.9. The van der Waals surface area contributed by atoms with E-state index in [1.54, 1.807) is 0 Å². The van der Waals surface area contributed by atoms with Crippen molar-refractivity contribution in [1.82, 2.24) is 0 Å². The molecule has 56 heavy (non-hydrogen) atoms. The van der Waals surface area contributed by atoms with E-state index in [4.69, 9.17) is 13.6 Å². The number of nitrogens with zero attached hydrogens (tertiary/aromatic N) is 1. The number of para-hydroxylation sites is 2. The number of nitrogens with one attached hydrogen (secondary N) is 1. The summed E-state index contributed by atoms with van der Waals surface area (Å²) in [4.78, 5) is 2.27. The van der Waals surface area contributed by atoms with Crippen molar-refractivity contribution < 1.29 is 13.6 Å². The zero-order valence-electron chi connectivity index (χ0n) is 30.1. The minimum absolute atomic E-state index is 0.240. The summed E-state index contributed by atoms with van der Waals surface area (Å²) in [6.45, 7) is 0. The first-order chi connectivity index (χ1) is 27.7. The molecular formula is C51H32N2O3. The van der Waals surface area contributed by atoms with Crippen molar-refractivity contribution in [1.29, 1.82) is 0 Å². The minimum atomic E-state index is -0.240. The average molecular weight is 721 g/mol. The van der Waals surface area contributed by atoms with Crippen molar-refractivity contribution in [2.45, 2.75) is 6.23 Å². The van der Waals surface area contributed by atoms with Gasteiger partial charge in [-0.3, -0.25) is 0 Å². The van der Waals surface area contributed by atoms with E-state index in [2.05, 4.69) is 162 Å². The molecule has 0 spiro atoms. The number of furan rings is 2. The highest BCUT2D eigenvalue weighted by Gasteiger charge is 2.28. The predicted octanol–water partition coefficient (Wildman–Crippen LogP) is 14.4. The third-order valence-electron chi connectivity index (χ3n) is 11.3. The third-order valence-corrected chi connectivity index (χ3v) is 11.3. The van der Waals surface area contributed by atoms with E-state index in [0.29, 0.717) is 0 Å². The lowest BCUT2D eigenvalue weighted by Crippen LogP contribution is -2.09. The Morgan fingerprint density at radius 2 is 0.893 bits per heavy atom. The van der Waals surface area contributed by atoms with Crippen LogP contribution in [0.5, 0.6) is 5.75 Å². The topological polar surface area (TPSA) is 50.8 Å². The molecule has 0 amide bonds. The van der Waals surface area contributed by atoms with Gasteiger partial charge in [0.2, 0.25) is 0 Å². The van der Waals surface area contributed by atoms with Gasteiger partial charge in [0.1, 0.15) is 22.3 Å². The fourth-order valence-corrected chi connectivity index (χ4v) is 8.62. The Balaban J connectivity index is 0.968. The van der Waals surface area contributed by atoms with Crippen LogP contribution in [-0.2, 0) is 0 Å². The first-order valence-corrected chi connectivity index (χ1v) is 18.9. The van der Waals surface area contributed by atoms with E-state index in [1.165, 1.54) is 10.8 Å². The second kappa shape index (κ2) is 12.0. The van der Waals surface area contributed by atoms with Gasteiger partial charge in [-0.05, 0) is 76.5 Å². The van der Waals surface area contributed by atoms with Gasteiger partial charge in [0, 0.05) is 67.1 Å². The van der Waals surface area contributed by atoms with Crippen LogP contribution in [0.2, 0.25) is 0 Å². The molecule has 5 nitrogen and oxygen atoms in total. The molecule has 1 N–H and O–H groups in total. The van der Waals surface area contributed by atoms with E-state index in [9.17, 15) is 0 Å². The summed E-state index contributed by atoms with van der Waals surface area (Å²) in [5.41, 5.74) is 10.9. The molecule has 2 aromatic heterocycles. The largest absolute Gasteiger partial charge is 0.464 e. The van der Waals surface area contributed by atoms with Crippen molar-refractivity contribution in [3.63, 3.8) is 0 Å². The van der Waals surface area contributed by atoms with Gasteiger partial charge in [0.05, 0.1) is 5.69 Å². The van der Waals surface area contributed by atoms with Crippen LogP contribution in [0.15, 0.2) is 191 Å². The zero-order chi connectivity index (χ0) is 36.7. The normalized spacial score (nSPS) is 13.8. The molecule has 12 rings (SSSR count). The number of anilines is 4.